The van der Waals surface area contributed by atoms with E-state index in [-0.39, 0.29) is 0 Å². The van der Waals surface area contributed by atoms with E-state index in [4.69, 9.17) is 0 Å². The molecule has 0 aromatic heterocycles. The first kappa shape index (κ1) is 13.3. The number of hydrogen-bond donors (Lipinski definition) is 0. The van der Waals surface area contributed by atoms with Gasteiger partial charge in [0.05, 0.1) is 0 Å². The SMILES string of the molecule is Cc1ccccc1CCC(=O)C1CCCCC1C. The van der Waals surface area contributed by atoms with Gasteiger partial charge in [-0.1, -0.05) is 50.5 Å². The van der Waals surface area contributed by atoms with Gasteiger partial charge < -0.3 is 0 Å². The summed E-state index contributed by atoms with van der Waals surface area (Å²) in [4.78, 5) is 12.3. The van der Waals surface area contributed by atoms with Gasteiger partial charge in [-0.2, -0.15) is 0 Å². The number of hydrogen-bond acceptors (Lipinski definition) is 1. The number of carbonyl (C=O) groups is 1. The largest absolute Gasteiger partial charge is 0.299 e. The molecule has 0 saturated heterocycles. The lowest BCUT2D eigenvalue weighted by Gasteiger charge is -2.27. The quantitative estimate of drug-likeness (QED) is 0.770. The van der Waals surface area contributed by atoms with Gasteiger partial charge in [-0.05, 0) is 36.8 Å². The molecule has 0 spiro atoms. The van der Waals surface area contributed by atoms with Crippen molar-refractivity contribution in [3.63, 3.8) is 0 Å². The highest BCUT2D eigenvalue weighted by atomic mass is 16.1. The highest BCUT2D eigenvalue weighted by Crippen LogP contribution is 2.31. The molecule has 0 bridgehead atoms. The standard InChI is InChI=1S/C17H24O/c1-13-7-3-5-9-15(13)11-12-17(18)16-10-6-4-8-14(16)2/h3,5,7,9,14,16H,4,6,8,10-12H2,1-2H3. The van der Waals surface area contributed by atoms with E-state index in [0.717, 1.165) is 19.3 Å². The van der Waals surface area contributed by atoms with E-state index < -0.39 is 0 Å². The molecular weight excluding hydrogens is 220 g/mol. The molecule has 0 amide bonds. The molecule has 1 aromatic rings. The summed E-state index contributed by atoms with van der Waals surface area (Å²) in [6, 6.07) is 8.40. The van der Waals surface area contributed by atoms with Crippen LogP contribution in [0.1, 0.15) is 50.2 Å². The minimum Gasteiger partial charge on any atom is -0.299 e. The van der Waals surface area contributed by atoms with E-state index in [1.165, 1.54) is 30.4 Å². The Morgan fingerprint density at radius 3 is 2.67 bits per heavy atom. The van der Waals surface area contributed by atoms with Gasteiger partial charge in [0.15, 0.2) is 0 Å². The maximum absolute atomic E-state index is 12.3. The molecule has 1 aromatic carbocycles. The van der Waals surface area contributed by atoms with Crippen molar-refractivity contribution in [2.45, 2.75) is 52.4 Å². The molecule has 0 heterocycles. The van der Waals surface area contributed by atoms with Crippen LogP contribution in [0.3, 0.4) is 0 Å². The Labute approximate surface area is 111 Å². The second-order valence-electron chi connectivity index (χ2n) is 5.76. The summed E-state index contributed by atoms with van der Waals surface area (Å²) in [6.45, 7) is 4.37. The van der Waals surface area contributed by atoms with Gasteiger partial charge in [-0.3, -0.25) is 4.79 Å². The van der Waals surface area contributed by atoms with Crippen LogP contribution in [0.4, 0.5) is 0 Å². The minimum absolute atomic E-state index is 0.336. The molecule has 1 aliphatic rings. The lowest BCUT2D eigenvalue weighted by Crippen LogP contribution is -2.25. The molecule has 0 aliphatic heterocycles. The molecule has 2 unspecified atom stereocenters. The van der Waals surface area contributed by atoms with Crippen molar-refractivity contribution in [3.8, 4) is 0 Å². The fourth-order valence-corrected chi connectivity index (χ4v) is 3.13. The van der Waals surface area contributed by atoms with Crippen LogP contribution in [0.2, 0.25) is 0 Å². The van der Waals surface area contributed by atoms with E-state index in [9.17, 15) is 4.79 Å². The second kappa shape index (κ2) is 6.17. The van der Waals surface area contributed by atoms with Crippen LogP contribution in [-0.2, 0) is 11.2 Å². The van der Waals surface area contributed by atoms with Gasteiger partial charge in [0.1, 0.15) is 5.78 Å². The molecule has 1 fully saturated rings. The van der Waals surface area contributed by atoms with Crippen molar-refractivity contribution < 1.29 is 4.79 Å². The third-order valence-corrected chi connectivity index (χ3v) is 4.43. The smallest absolute Gasteiger partial charge is 0.136 e. The maximum atomic E-state index is 12.3. The number of carbonyl (C=O) groups excluding carboxylic acids is 1. The Hall–Kier alpha value is -1.11. The van der Waals surface area contributed by atoms with Gasteiger partial charge in [0, 0.05) is 12.3 Å². The third kappa shape index (κ3) is 3.22. The first-order chi connectivity index (χ1) is 8.68. The van der Waals surface area contributed by atoms with Crippen LogP contribution >= 0.6 is 0 Å². The Kier molecular flexibility index (Phi) is 4.57. The minimum atomic E-state index is 0.336. The Morgan fingerprint density at radius 2 is 1.94 bits per heavy atom. The predicted octanol–water partition coefficient (Wildman–Crippen LogP) is 4.32. The molecule has 1 saturated carbocycles. The van der Waals surface area contributed by atoms with E-state index in [0.29, 0.717) is 17.6 Å². The zero-order valence-electron chi connectivity index (χ0n) is 11.6. The molecule has 0 radical (unpaired) electrons. The van der Waals surface area contributed by atoms with Crippen LogP contribution in [0.15, 0.2) is 24.3 Å². The molecule has 2 rings (SSSR count). The Bertz CT molecular complexity index is 408. The molecule has 1 heteroatoms. The average molecular weight is 244 g/mol. The molecular formula is C17H24O. The van der Waals surface area contributed by atoms with Crippen molar-refractivity contribution in [1.82, 2.24) is 0 Å². The molecule has 1 aliphatic carbocycles. The van der Waals surface area contributed by atoms with E-state index in [1.807, 2.05) is 0 Å². The fourth-order valence-electron chi connectivity index (χ4n) is 3.13. The van der Waals surface area contributed by atoms with Gasteiger partial charge >= 0.3 is 0 Å². The monoisotopic (exact) mass is 244 g/mol. The molecule has 98 valence electrons. The van der Waals surface area contributed by atoms with Crippen molar-refractivity contribution >= 4 is 5.78 Å². The van der Waals surface area contributed by atoms with Crippen molar-refractivity contribution in [3.05, 3.63) is 35.4 Å². The highest BCUT2D eigenvalue weighted by Gasteiger charge is 2.26. The van der Waals surface area contributed by atoms with Crippen molar-refractivity contribution in [2.24, 2.45) is 11.8 Å². The molecule has 0 N–H and O–H groups in total. The van der Waals surface area contributed by atoms with Gasteiger partial charge in [-0.15, -0.1) is 0 Å². The van der Waals surface area contributed by atoms with Crippen LogP contribution in [0.5, 0.6) is 0 Å². The number of rotatable bonds is 4. The van der Waals surface area contributed by atoms with Crippen LogP contribution < -0.4 is 0 Å². The number of aryl methyl sites for hydroxylation is 2. The normalized spacial score (nSPS) is 23.9. The van der Waals surface area contributed by atoms with Gasteiger partial charge in [-0.25, -0.2) is 0 Å². The summed E-state index contributed by atoms with van der Waals surface area (Å²) in [5.74, 6) is 1.43. The Balaban J connectivity index is 1.90. The average Bonchev–Trinajstić information content (AvgIpc) is 2.38. The number of benzene rings is 1. The summed E-state index contributed by atoms with van der Waals surface area (Å²) in [5.41, 5.74) is 2.64. The Morgan fingerprint density at radius 1 is 1.22 bits per heavy atom. The fraction of sp³-hybridized carbons (Fsp3) is 0.588. The van der Waals surface area contributed by atoms with Gasteiger partial charge in [0.25, 0.3) is 0 Å². The van der Waals surface area contributed by atoms with E-state index in [2.05, 4.69) is 38.1 Å². The second-order valence-corrected chi connectivity index (χ2v) is 5.76. The zero-order chi connectivity index (χ0) is 13.0. The summed E-state index contributed by atoms with van der Waals surface area (Å²) in [7, 11) is 0. The van der Waals surface area contributed by atoms with Gasteiger partial charge in [0.2, 0.25) is 0 Å². The number of ketones is 1. The van der Waals surface area contributed by atoms with Crippen molar-refractivity contribution in [2.75, 3.05) is 0 Å². The summed E-state index contributed by atoms with van der Waals surface area (Å²) < 4.78 is 0. The highest BCUT2D eigenvalue weighted by molar-refractivity contribution is 5.81. The van der Waals surface area contributed by atoms with Crippen LogP contribution in [0, 0.1) is 18.8 Å². The molecule has 1 nitrogen and oxygen atoms in total. The topological polar surface area (TPSA) is 17.1 Å². The van der Waals surface area contributed by atoms with E-state index in [1.54, 1.807) is 0 Å². The summed E-state index contributed by atoms with van der Waals surface area (Å²) in [6.07, 6.45) is 6.54. The predicted molar refractivity (Wildman–Crippen MR) is 75.6 cm³/mol. The number of Topliss-reactive ketones (excluding diaryl/α,β-unsaturated/α-hetero) is 1. The first-order valence-corrected chi connectivity index (χ1v) is 7.25. The van der Waals surface area contributed by atoms with Crippen LogP contribution in [0.25, 0.3) is 0 Å². The molecule has 2 atom stereocenters. The maximum Gasteiger partial charge on any atom is 0.136 e. The zero-order valence-corrected chi connectivity index (χ0v) is 11.6. The third-order valence-electron chi connectivity index (χ3n) is 4.43. The lowest BCUT2D eigenvalue weighted by atomic mass is 9.77. The van der Waals surface area contributed by atoms with E-state index >= 15 is 0 Å². The summed E-state index contributed by atoms with van der Waals surface area (Å²) >= 11 is 0. The van der Waals surface area contributed by atoms with Crippen LogP contribution in [-0.4, -0.2) is 5.78 Å². The lowest BCUT2D eigenvalue weighted by molar-refractivity contribution is -0.125. The summed E-state index contributed by atoms with van der Waals surface area (Å²) in [5, 5.41) is 0. The molecule has 18 heavy (non-hydrogen) atoms. The first-order valence-electron chi connectivity index (χ1n) is 7.25. The van der Waals surface area contributed by atoms with Crippen molar-refractivity contribution in [1.29, 1.82) is 0 Å².